The fraction of sp³-hybridized carbons (Fsp3) is 0.333. The second kappa shape index (κ2) is 4.75. The number of halogens is 2. The maximum Gasteiger partial charge on any atom is 0.357 e. The van der Waals surface area contributed by atoms with Crippen molar-refractivity contribution >= 4 is 33.5 Å². The zero-order valence-corrected chi connectivity index (χ0v) is 10.1. The number of nitrogens with zero attached hydrogens (tertiary/aromatic N) is 1. The summed E-state index contributed by atoms with van der Waals surface area (Å²) in [7, 11) is 1.31. The lowest BCUT2D eigenvalue weighted by atomic mass is 10.1. The van der Waals surface area contributed by atoms with Gasteiger partial charge < -0.3 is 4.74 Å². The van der Waals surface area contributed by atoms with Gasteiger partial charge in [-0.05, 0) is 18.6 Å². The quantitative estimate of drug-likeness (QED) is 0.474. The molecule has 1 aromatic heterocycles. The number of aromatic nitrogens is 1. The van der Waals surface area contributed by atoms with E-state index in [0.29, 0.717) is 0 Å². The van der Waals surface area contributed by atoms with E-state index in [1.54, 1.807) is 12.1 Å². The number of alkyl halides is 1. The Morgan fingerprint density at radius 3 is 2.79 bits per heavy atom. The van der Waals surface area contributed by atoms with Crippen LogP contribution in [0.25, 0.3) is 0 Å². The first-order chi connectivity index (χ1) is 6.56. The molecule has 3 nitrogen and oxygen atoms in total. The molecule has 0 aliphatic rings. The van der Waals surface area contributed by atoms with Crippen molar-refractivity contribution in [1.29, 1.82) is 0 Å². The molecule has 0 bridgehead atoms. The van der Waals surface area contributed by atoms with E-state index in [9.17, 15) is 4.79 Å². The molecule has 0 radical (unpaired) electrons. The van der Waals surface area contributed by atoms with Crippen LogP contribution in [0.2, 0.25) is 5.15 Å². The average molecular weight is 279 g/mol. The SMILES string of the molecule is COC(=O)c1nc(Cl)ccc1C(C)Br. The third-order valence-electron chi connectivity index (χ3n) is 1.70. The van der Waals surface area contributed by atoms with Gasteiger partial charge in [0.15, 0.2) is 5.69 Å². The molecule has 0 amide bonds. The van der Waals surface area contributed by atoms with E-state index in [-0.39, 0.29) is 15.7 Å². The largest absolute Gasteiger partial charge is 0.464 e. The second-order valence-electron chi connectivity index (χ2n) is 2.68. The number of pyridine rings is 1. The van der Waals surface area contributed by atoms with Crippen molar-refractivity contribution in [2.24, 2.45) is 0 Å². The highest BCUT2D eigenvalue weighted by Gasteiger charge is 2.17. The van der Waals surface area contributed by atoms with E-state index < -0.39 is 5.97 Å². The van der Waals surface area contributed by atoms with Gasteiger partial charge in [0.25, 0.3) is 0 Å². The molecule has 76 valence electrons. The summed E-state index contributed by atoms with van der Waals surface area (Å²) in [6.07, 6.45) is 0. The second-order valence-corrected chi connectivity index (χ2v) is 4.44. The number of carbonyl (C=O) groups is 1. The Kier molecular flexibility index (Phi) is 3.89. The van der Waals surface area contributed by atoms with E-state index in [2.05, 4.69) is 25.7 Å². The van der Waals surface area contributed by atoms with Crippen LogP contribution in [-0.2, 0) is 4.74 Å². The third-order valence-corrected chi connectivity index (χ3v) is 2.40. The molecule has 1 rings (SSSR count). The number of hydrogen-bond acceptors (Lipinski definition) is 3. The summed E-state index contributed by atoms with van der Waals surface area (Å²) in [5.41, 5.74) is 1.02. The molecule has 1 heterocycles. The Labute approximate surface area is 95.6 Å². The molecule has 1 aromatic rings. The minimum Gasteiger partial charge on any atom is -0.464 e. The molecule has 1 atom stereocenters. The van der Waals surface area contributed by atoms with Crippen LogP contribution in [0.15, 0.2) is 12.1 Å². The van der Waals surface area contributed by atoms with Crippen LogP contribution in [0.3, 0.4) is 0 Å². The van der Waals surface area contributed by atoms with Gasteiger partial charge in [-0.15, -0.1) is 0 Å². The number of methoxy groups -OCH3 is 1. The Morgan fingerprint density at radius 1 is 1.64 bits per heavy atom. The highest BCUT2D eigenvalue weighted by molar-refractivity contribution is 9.09. The first-order valence-electron chi connectivity index (χ1n) is 3.95. The highest BCUT2D eigenvalue weighted by atomic mass is 79.9. The molecule has 0 aliphatic heterocycles. The van der Waals surface area contributed by atoms with Crippen LogP contribution in [-0.4, -0.2) is 18.1 Å². The van der Waals surface area contributed by atoms with Gasteiger partial charge in [-0.2, -0.15) is 0 Å². The van der Waals surface area contributed by atoms with Crippen molar-refractivity contribution < 1.29 is 9.53 Å². The Balaban J connectivity index is 3.22. The molecule has 0 N–H and O–H groups in total. The summed E-state index contributed by atoms with van der Waals surface area (Å²) in [6, 6.07) is 3.39. The van der Waals surface area contributed by atoms with Gasteiger partial charge in [-0.1, -0.05) is 33.6 Å². The zero-order valence-electron chi connectivity index (χ0n) is 7.75. The number of ether oxygens (including phenoxy) is 1. The minimum absolute atomic E-state index is 0.0290. The van der Waals surface area contributed by atoms with Crippen LogP contribution < -0.4 is 0 Å². The predicted octanol–water partition coefficient (Wildman–Crippen LogP) is 2.98. The Bertz CT molecular complexity index is 355. The van der Waals surface area contributed by atoms with E-state index in [1.807, 2.05) is 6.92 Å². The van der Waals surface area contributed by atoms with Crippen LogP contribution >= 0.6 is 27.5 Å². The van der Waals surface area contributed by atoms with E-state index in [4.69, 9.17) is 11.6 Å². The summed E-state index contributed by atoms with van der Waals surface area (Å²) in [6.45, 7) is 1.90. The molecular formula is C9H9BrClNO2. The molecule has 0 saturated heterocycles. The Hall–Kier alpha value is -0.610. The molecule has 0 saturated carbocycles. The van der Waals surface area contributed by atoms with Crippen LogP contribution in [0, 0.1) is 0 Å². The van der Waals surface area contributed by atoms with Crippen molar-refractivity contribution in [1.82, 2.24) is 4.98 Å². The molecule has 0 aromatic carbocycles. The smallest absolute Gasteiger partial charge is 0.357 e. The first-order valence-corrected chi connectivity index (χ1v) is 5.24. The summed E-state index contributed by atoms with van der Waals surface area (Å²) in [5, 5.41) is 0.280. The van der Waals surface area contributed by atoms with Gasteiger partial charge in [0.1, 0.15) is 5.15 Å². The van der Waals surface area contributed by atoms with Gasteiger partial charge in [-0.3, -0.25) is 0 Å². The lowest BCUT2D eigenvalue weighted by molar-refractivity contribution is 0.0592. The highest BCUT2D eigenvalue weighted by Crippen LogP contribution is 2.25. The summed E-state index contributed by atoms with van der Waals surface area (Å²) >= 11 is 9.05. The summed E-state index contributed by atoms with van der Waals surface area (Å²) < 4.78 is 4.60. The number of carbonyl (C=O) groups excluding carboxylic acids is 1. The molecule has 1 unspecified atom stereocenters. The molecule has 0 aliphatic carbocycles. The van der Waals surface area contributed by atoms with Gasteiger partial charge in [0.2, 0.25) is 0 Å². The maximum atomic E-state index is 11.3. The van der Waals surface area contributed by atoms with Crippen molar-refractivity contribution in [3.8, 4) is 0 Å². The monoisotopic (exact) mass is 277 g/mol. The lowest BCUT2D eigenvalue weighted by Gasteiger charge is -2.08. The Morgan fingerprint density at radius 2 is 2.29 bits per heavy atom. The van der Waals surface area contributed by atoms with Gasteiger partial charge in [-0.25, -0.2) is 9.78 Å². The lowest BCUT2D eigenvalue weighted by Crippen LogP contribution is -2.08. The molecule has 5 heteroatoms. The number of esters is 1. The molecule has 14 heavy (non-hydrogen) atoms. The van der Waals surface area contributed by atoms with Gasteiger partial charge in [0, 0.05) is 4.83 Å². The van der Waals surface area contributed by atoms with Crippen LogP contribution in [0.5, 0.6) is 0 Å². The van der Waals surface area contributed by atoms with Crippen molar-refractivity contribution in [3.05, 3.63) is 28.5 Å². The summed E-state index contributed by atoms with van der Waals surface area (Å²) in [4.78, 5) is 15.3. The normalized spacial score (nSPS) is 12.3. The third kappa shape index (κ3) is 2.45. The van der Waals surface area contributed by atoms with E-state index in [0.717, 1.165) is 5.56 Å². The first kappa shape index (κ1) is 11.5. The molecular weight excluding hydrogens is 269 g/mol. The van der Waals surface area contributed by atoms with Gasteiger partial charge >= 0.3 is 5.97 Å². The standard InChI is InChI=1S/C9H9BrClNO2/c1-5(10)6-3-4-7(11)12-8(6)9(13)14-2/h3-5H,1-2H3. The van der Waals surface area contributed by atoms with E-state index >= 15 is 0 Å². The van der Waals surface area contributed by atoms with Crippen LogP contribution in [0.4, 0.5) is 0 Å². The van der Waals surface area contributed by atoms with Crippen molar-refractivity contribution in [3.63, 3.8) is 0 Å². The fourth-order valence-corrected chi connectivity index (χ4v) is 1.54. The molecule has 0 fully saturated rings. The average Bonchev–Trinajstić information content (AvgIpc) is 2.16. The zero-order chi connectivity index (χ0) is 10.7. The number of rotatable bonds is 2. The predicted molar refractivity (Wildman–Crippen MR) is 57.9 cm³/mol. The van der Waals surface area contributed by atoms with Crippen molar-refractivity contribution in [2.45, 2.75) is 11.8 Å². The molecule has 0 spiro atoms. The van der Waals surface area contributed by atoms with E-state index in [1.165, 1.54) is 7.11 Å². The minimum atomic E-state index is -0.478. The van der Waals surface area contributed by atoms with Crippen LogP contribution in [0.1, 0.15) is 27.8 Å². The van der Waals surface area contributed by atoms with Crippen molar-refractivity contribution in [2.75, 3.05) is 7.11 Å². The number of hydrogen-bond donors (Lipinski definition) is 0. The summed E-state index contributed by atoms with van der Waals surface area (Å²) in [5.74, 6) is -0.478. The topological polar surface area (TPSA) is 39.2 Å². The fourth-order valence-electron chi connectivity index (χ4n) is 1.03. The van der Waals surface area contributed by atoms with Gasteiger partial charge in [0.05, 0.1) is 7.11 Å². The maximum absolute atomic E-state index is 11.3.